The van der Waals surface area contributed by atoms with Gasteiger partial charge in [0.1, 0.15) is 30.1 Å². The van der Waals surface area contributed by atoms with Gasteiger partial charge in [0.15, 0.2) is 0 Å². The summed E-state index contributed by atoms with van der Waals surface area (Å²) in [5.41, 5.74) is -0.778. The number of piperidine rings is 2. The van der Waals surface area contributed by atoms with Crippen molar-refractivity contribution in [3.63, 3.8) is 0 Å². The zero-order chi connectivity index (χ0) is 29.5. The molecule has 0 spiro atoms. The fraction of sp³-hybridized carbons (Fsp3) is 0.741. The summed E-state index contributed by atoms with van der Waals surface area (Å²) in [4.78, 5) is 42.3. The number of esters is 2. The third-order valence-electron chi connectivity index (χ3n) is 6.75. The fourth-order valence-electron chi connectivity index (χ4n) is 5.87. The number of ketones is 1. The number of aromatic nitrogens is 6. The number of hydrogen-bond donors (Lipinski definition) is 0. The maximum atomic E-state index is 13.5. The molecule has 13 heteroatoms. The average Bonchev–Trinajstić information content (AvgIpc) is 3.37. The minimum absolute atomic E-state index is 0.00443. The van der Waals surface area contributed by atoms with E-state index in [0.717, 1.165) is 11.4 Å². The third kappa shape index (κ3) is 7.51. The Hall–Kier alpha value is -3.19. The van der Waals surface area contributed by atoms with Crippen molar-refractivity contribution in [2.24, 2.45) is 10.8 Å². The Balaban J connectivity index is 1.36. The van der Waals surface area contributed by atoms with Gasteiger partial charge in [-0.2, -0.15) is 0 Å². The Morgan fingerprint density at radius 2 is 1.10 bits per heavy atom. The Kier molecular flexibility index (Phi) is 7.94. The molecule has 0 unspecified atom stereocenters. The van der Waals surface area contributed by atoms with Gasteiger partial charge in [-0.25, -0.2) is 9.36 Å². The molecule has 2 saturated heterocycles. The molecule has 0 aliphatic carbocycles. The van der Waals surface area contributed by atoms with Gasteiger partial charge < -0.3 is 9.47 Å². The van der Waals surface area contributed by atoms with E-state index in [9.17, 15) is 14.4 Å². The van der Waals surface area contributed by atoms with Gasteiger partial charge in [0.25, 0.3) is 0 Å². The predicted molar refractivity (Wildman–Crippen MR) is 144 cm³/mol. The lowest BCUT2D eigenvalue weighted by atomic mass is 9.64. The Bertz CT molecular complexity index is 1150. The van der Waals surface area contributed by atoms with Crippen LogP contribution in [0.1, 0.15) is 66.8 Å². The molecule has 2 aliphatic rings. The van der Waals surface area contributed by atoms with Crippen LogP contribution in [0.3, 0.4) is 0 Å². The van der Waals surface area contributed by atoms with Crippen molar-refractivity contribution in [1.29, 1.82) is 0 Å². The minimum Gasteiger partial charge on any atom is -0.459 e. The van der Waals surface area contributed by atoms with Crippen LogP contribution in [0.4, 0.5) is 0 Å². The van der Waals surface area contributed by atoms with Crippen LogP contribution in [0.5, 0.6) is 0 Å². The zero-order valence-electron chi connectivity index (χ0n) is 24.9. The molecule has 4 rings (SSSR count). The fourth-order valence-corrected chi connectivity index (χ4v) is 5.87. The van der Waals surface area contributed by atoms with Gasteiger partial charge in [-0.3, -0.25) is 24.2 Å². The molecule has 2 bridgehead atoms. The van der Waals surface area contributed by atoms with Crippen LogP contribution in [0.15, 0.2) is 12.4 Å². The maximum absolute atomic E-state index is 13.5. The second-order valence-corrected chi connectivity index (χ2v) is 13.7. The molecule has 0 atom stereocenters. The van der Waals surface area contributed by atoms with Gasteiger partial charge in [0.05, 0.1) is 34.6 Å². The van der Waals surface area contributed by atoms with E-state index in [1.54, 1.807) is 12.4 Å². The van der Waals surface area contributed by atoms with E-state index in [0.29, 0.717) is 39.3 Å². The van der Waals surface area contributed by atoms with Gasteiger partial charge in [-0.05, 0) is 41.5 Å². The summed E-state index contributed by atoms with van der Waals surface area (Å²) in [5.74, 6) is -0.464. The van der Waals surface area contributed by atoms with E-state index in [1.165, 1.54) is 9.36 Å². The first-order valence-electron chi connectivity index (χ1n) is 13.6. The number of nitrogens with zero attached hydrogens (tertiary/aromatic N) is 8. The number of hydrogen-bond acceptors (Lipinski definition) is 11. The second-order valence-electron chi connectivity index (χ2n) is 13.7. The molecule has 4 heterocycles. The maximum Gasteiger partial charge on any atom is 0.328 e. The summed E-state index contributed by atoms with van der Waals surface area (Å²) in [6.45, 7) is 18.4. The van der Waals surface area contributed by atoms with Gasteiger partial charge in [0.2, 0.25) is 0 Å². The molecule has 13 nitrogen and oxygen atoms in total. The molecule has 2 aliphatic heterocycles. The van der Waals surface area contributed by atoms with Crippen LogP contribution in [-0.2, 0) is 50.0 Å². The average molecular weight is 559 g/mol. The molecule has 0 saturated carbocycles. The summed E-state index contributed by atoms with van der Waals surface area (Å²) in [6, 6.07) is 0. The number of Topliss-reactive ketones (excluding diaryl/α,β-unsaturated/α-hetero) is 1. The quantitative estimate of drug-likeness (QED) is 0.435. The Morgan fingerprint density at radius 1 is 0.750 bits per heavy atom. The Morgan fingerprint density at radius 3 is 1.43 bits per heavy atom. The summed E-state index contributed by atoms with van der Waals surface area (Å²) >= 11 is 0. The highest BCUT2D eigenvalue weighted by atomic mass is 16.6. The van der Waals surface area contributed by atoms with Crippen LogP contribution in [0.2, 0.25) is 0 Å². The molecule has 0 N–H and O–H groups in total. The molecule has 2 aromatic heterocycles. The van der Waals surface area contributed by atoms with Crippen LogP contribution < -0.4 is 0 Å². The predicted octanol–water partition coefficient (Wildman–Crippen LogP) is 1.47. The smallest absolute Gasteiger partial charge is 0.328 e. The van der Waals surface area contributed by atoms with E-state index in [-0.39, 0.29) is 30.8 Å². The van der Waals surface area contributed by atoms with Crippen LogP contribution in [0, 0.1) is 10.8 Å². The normalized spacial score (nSPS) is 24.2. The van der Waals surface area contributed by atoms with Crippen molar-refractivity contribution in [2.75, 3.05) is 26.2 Å². The van der Waals surface area contributed by atoms with Gasteiger partial charge >= 0.3 is 11.9 Å². The van der Waals surface area contributed by atoms with Gasteiger partial charge in [-0.1, -0.05) is 24.3 Å². The first-order valence-corrected chi connectivity index (χ1v) is 13.6. The summed E-state index contributed by atoms with van der Waals surface area (Å²) in [5, 5.41) is 16.7. The largest absolute Gasteiger partial charge is 0.459 e. The van der Waals surface area contributed by atoms with Crippen molar-refractivity contribution in [1.82, 2.24) is 39.8 Å². The first kappa shape index (κ1) is 29.8. The monoisotopic (exact) mass is 558 g/mol. The second kappa shape index (κ2) is 10.7. The SMILES string of the molecule is CC(C)(C)OC(=O)Cn1cc(CN2CC3(C)CN(Cc4cn(CC(=O)OC(C)(C)C)nn4)CC(C)(C2)C3=O)nn1. The van der Waals surface area contributed by atoms with Crippen LogP contribution in [0.25, 0.3) is 0 Å². The number of ether oxygens (including phenoxy) is 2. The first-order chi connectivity index (χ1) is 18.4. The Labute approximate surface area is 235 Å². The molecule has 220 valence electrons. The minimum atomic E-state index is -0.565. The molecule has 0 amide bonds. The summed E-state index contributed by atoms with van der Waals surface area (Å²) < 4.78 is 13.7. The highest BCUT2D eigenvalue weighted by Crippen LogP contribution is 2.43. The molecule has 2 fully saturated rings. The van der Waals surface area contributed by atoms with Crippen molar-refractivity contribution in [2.45, 2.75) is 92.8 Å². The molecule has 2 aromatic rings. The van der Waals surface area contributed by atoms with Crippen molar-refractivity contribution in [3.05, 3.63) is 23.8 Å². The standard InChI is InChI=1S/C27H42N8O5/c1-24(2,3)39-21(36)13-34-11-19(28-30-34)9-32-15-26(7)17-33(18-27(8,16-32)23(26)38)10-20-12-35(31-29-20)14-22(37)40-25(4,5)6/h11-12H,9-10,13-18H2,1-8H3. The molecule has 0 aromatic carbocycles. The van der Waals surface area contributed by atoms with Crippen LogP contribution in [-0.4, -0.2) is 94.9 Å². The lowest BCUT2D eigenvalue weighted by Crippen LogP contribution is -2.67. The van der Waals surface area contributed by atoms with Crippen molar-refractivity contribution < 1.29 is 23.9 Å². The van der Waals surface area contributed by atoms with Crippen LogP contribution >= 0.6 is 0 Å². The molecule has 0 radical (unpaired) electrons. The van der Waals surface area contributed by atoms with E-state index in [4.69, 9.17) is 9.47 Å². The van der Waals surface area contributed by atoms with E-state index in [2.05, 4.69) is 30.4 Å². The van der Waals surface area contributed by atoms with E-state index in [1.807, 2.05) is 55.4 Å². The highest BCUT2D eigenvalue weighted by molar-refractivity contribution is 5.92. The van der Waals surface area contributed by atoms with E-state index >= 15 is 0 Å². The lowest BCUT2D eigenvalue weighted by molar-refractivity contribution is -0.159. The third-order valence-corrected chi connectivity index (χ3v) is 6.75. The topological polar surface area (TPSA) is 138 Å². The van der Waals surface area contributed by atoms with Crippen molar-refractivity contribution >= 4 is 17.7 Å². The zero-order valence-corrected chi connectivity index (χ0v) is 24.9. The summed E-state index contributed by atoms with van der Waals surface area (Å²) in [7, 11) is 0. The lowest BCUT2D eigenvalue weighted by Gasteiger charge is -2.55. The molecular formula is C27H42N8O5. The molecule has 40 heavy (non-hydrogen) atoms. The number of fused-ring (bicyclic) bond motifs is 2. The number of likely N-dealkylation sites (tertiary alicyclic amines) is 2. The number of carbonyl (C=O) groups is 3. The summed E-state index contributed by atoms with van der Waals surface area (Å²) in [6.07, 6.45) is 3.52. The van der Waals surface area contributed by atoms with Gasteiger partial charge in [-0.15, -0.1) is 10.2 Å². The highest BCUT2D eigenvalue weighted by Gasteiger charge is 2.55. The number of rotatable bonds is 8. The number of carbonyl (C=O) groups excluding carboxylic acids is 3. The van der Waals surface area contributed by atoms with Gasteiger partial charge in [0, 0.05) is 39.3 Å². The van der Waals surface area contributed by atoms with Crippen molar-refractivity contribution in [3.8, 4) is 0 Å². The molecular weight excluding hydrogens is 516 g/mol. The van der Waals surface area contributed by atoms with E-state index < -0.39 is 22.0 Å².